The molecule has 0 spiro atoms. The SMILES string of the molecule is Cc1nnc(N2CCN(C(=O)COc3ccc(Cl)cc3Cl)CC2)o1. The predicted molar refractivity (Wildman–Crippen MR) is 89.8 cm³/mol. The van der Waals surface area contributed by atoms with Gasteiger partial charge >= 0.3 is 6.01 Å². The molecule has 0 unspecified atom stereocenters. The van der Waals surface area contributed by atoms with Crippen LogP contribution in [0.15, 0.2) is 22.6 Å². The molecule has 2 heterocycles. The Morgan fingerprint density at radius 3 is 2.62 bits per heavy atom. The number of rotatable bonds is 4. The van der Waals surface area contributed by atoms with Crippen LogP contribution in [0.5, 0.6) is 5.75 Å². The number of aromatic nitrogens is 2. The highest BCUT2D eigenvalue weighted by atomic mass is 35.5. The Balaban J connectivity index is 1.50. The molecule has 1 aromatic heterocycles. The Morgan fingerprint density at radius 2 is 2.00 bits per heavy atom. The van der Waals surface area contributed by atoms with Gasteiger partial charge in [-0.05, 0) is 18.2 Å². The van der Waals surface area contributed by atoms with Gasteiger partial charge in [0, 0.05) is 38.1 Å². The molecule has 0 bridgehead atoms. The lowest BCUT2D eigenvalue weighted by Gasteiger charge is -2.33. The number of carbonyl (C=O) groups is 1. The van der Waals surface area contributed by atoms with E-state index in [2.05, 4.69) is 10.2 Å². The zero-order valence-electron chi connectivity index (χ0n) is 13.0. The van der Waals surface area contributed by atoms with E-state index in [4.69, 9.17) is 32.4 Å². The fourth-order valence-corrected chi connectivity index (χ4v) is 2.85. The molecule has 3 rings (SSSR count). The van der Waals surface area contributed by atoms with Crippen LogP contribution in [0.25, 0.3) is 0 Å². The largest absolute Gasteiger partial charge is 0.482 e. The number of aryl methyl sites for hydroxylation is 1. The fourth-order valence-electron chi connectivity index (χ4n) is 2.38. The maximum atomic E-state index is 12.3. The van der Waals surface area contributed by atoms with Crippen LogP contribution >= 0.6 is 23.2 Å². The van der Waals surface area contributed by atoms with Crippen molar-refractivity contribution in [3.05, 3.63) is 34.1 Å². The van der Waals surface area contributed by atoms with Gasteiger partial charge in [-0.2, -0.15) is 0 Å². The number of anilines is 1. The van der Waals surface area contributed by atoms with Crippen molar-refractivity contribution in [2.45, 2.75) is 6.92 Å². The topological polar surface area (TPSA) is 71.7 Å². The third kappa shape index (κ3) is 3.91. The minimum absolute atomic E-state index is 0.0684. The van der Waals surface area contributed by atoms with Gasteiger partial charge in [0.25, 0.3) is 5.91 Å². The third-order valence-corrected chi connectivity index (χ3v) is 4.19. The average Bonchev–Trinajstić information content (AvgIpc) is 3.00. The van der Waals surface area contributed by atoms with E-state index in [1.807, 2.05) is 4.90 Å². The third-order valence-electron chi connectivity index (χ3n) is 3.66. The number of hydrogen-bond donors (Lipinski definition) is 0. The van der Waals surface area contributed by atoms with Crippen LogP contribution in [-0.2, 0) is 4.79 Å². The van der Waals surface area contributed by atoms with Gasteiger partial charge in [-0.1, -0.05) is 28.3 Å². The lowest BCUT2D eigenvalue weighted by Crippen LogP contribution is -2.50. The molecular weight excluding hydrogens is 355 g/mol. The Morgan fingerprint density at radius 1 is 1.25 bits per heavy atom. The van der Waals surface area contributed by atoms with E-state index in [1.165, 1.54) is 0 Å². The molecule has 1 aromatic carbocycles. The van der Waals surface area contributed by atoms with Gasteiger partial charge in [0.1, 0.15) is 5.75 Å². The molecule has 1 aliphatic rings. The van der Waals surface area contributed by atoms with Crippen LogP contribution in [0, 0.1) is 6.92 Å². The van der Waals surface area contributed by atoms with Crippen molar-refractivity contribution < 1.29 is 13.9 Å². The molecule has 7 nitrogen and oxygen atoms in total. The maximum Gasteiger partial charge on any atom is 0.318 e. The first-order chi connectivity index (χ1) is 11.5. The van der Waals surface area contributed by atoms with Crippen LogP contribution in [0.3, 0.4) is 0 Å². The molecular formula is C15H16Cl2N4O3. The van der Waals surface area contributed by atoms with E-state index in [9.17, 15) is 4.79 Å². The molecule has 1 amide bonds. The van der Waals surface area contributed by atoms with E-state index >= 15 is 0 Å². The van der Waals surface area contributed by atoms with E-state index in [-0.39, 0.29) is 12.5 Å². The van der Waals surface area contributed by atoms with Crippen LogP contribution in [-0.4, -0.2) is 53.8 Å². The average molecular weight is 371 g/mol. The van der Waals surface area contributed by atoms with E-state index in [0.29, 0.717) is 53.9 Å². The predicted octanol–water partition coefficient (Wildman–Crippen LogP) is 2.41. The smallest absolute Gasteiger partial charge is 0.318 e. The summed E-state index contributed by atoms with van der Waals surface area (Å²) in [7, 11) is 0. The summed E-state index contributed by atoms with van der Waals surface area (Å²) in [5, 5.41) is 8.70. The van der Waals surface area contributed by atoms with Gasteiger partial charge < -0.3 is 19.0 Å². The lowest BCUT2D eigenvalue weighted by atomic mass is 10.3. The lowest BCUT2D eigenvalue weighted by molar-refractivity contribution is -0.133. The molecule has 0 N–H and O–H groups in total. The second-order valence-corrected chi connectivity index (χ2v) is 6.18. The van der Waals surface area contributed by atoms with E-state index < -0.39 is 0 Å². The van der Waals surface area contributed by atoms with Crippen LogP contribution in [0.1, 0.15) is 5.89 Å². The number of halogens is 2. The molecule has 1 aliphatic heterocycles. The Bertz CT molecular complexity index is 729. The summed E-state index contributed by atoms with van der Waals surface area (Å²) >= 11 is 11.9. The number of ether oxygens (including phenoxy) is 1. The van der Waals surface area contributed by atoms with Crippen molar-refractivity contribution >= 4 is 35.1 Å². The molecule has 1 fully saturated rings. The quantitative estimate of drug-likeness (QED) is 0.822. The monoisotopic (exact) mass is 370 g/mol. The van der Waals surface area contributed by atoms with Crippen LogP contribution in [0.4, 0.5) is 6.01 Å². The number of piperazine rings is 1. The Kier molecular flexibility index (Phi) is 5.11. The minimum atomic E-state index is -0.0950. The van der Waals surface area contributed by atoms with Crippen molar-refractivity contribution in [2.24, 2.45) is 0 Å². The van der Waals surface area contributed by atoms with Crippen LogP contribution < -0.4 is 9.64 Å². The van der Waals surface area contributed by atoms with Gasteiger partial charge in [-0.15, -0.1) is 5.10 Å². The van der Waals surface area contributed by atoms with Gasteiger partial charge in [-0.3, -0.25) is 4.79 Å². The fraction of sp³-hybridized carbons (Fsp3) is 0.400. The number of amides is 1. The summed E-state index contributed by atoms with van der Waals surface area (Å²) < 4.78 is 10.9. The maximum absolute atomic E-state index is 12.3. The molecule has 9 heteroatoms. The van der Waals surface area contributed by atoms with Gasteiger partial charge in [-0.25, -0.2) is 0 Å². The Labute approximate surface area is 149 Å². The highest BCUT2D eigenvalue weighted by Gasteiger charge is 2.24. The number of hydrogen-bond acceptors (Lipinski definition) is 6. The highest BCUT2D eigenvalue weighted by molar-refractivity contribution is 6.35. The zero-order chi connectivity index (χ0) is 17.1. The molecule has 0 aliphatic carbocycles. The molecule has 2 aromatic rings. The molecule has 24 heavy (non-hydrogen) atoms. The van der Waals surface area contributed by atoms with Crippen molar-refractivity contribution in [3.63, 3.8) is 0 Å². The molecule has 0 radical (unpaired) electrons. The van der Waals surface area contributed by atoms with Gasteiger partial charge in [0.2, 0.25) is 5.89 Å². The van der Waals surface area contributed by atoms with Gasteiger partial charge in [0.05, 0.1) is 5.02 Å². The second-order valence-electron chi connectivity index (χ2n) is 5.33. The van der Waals surface area contributed by atoms with Gasteiger partial charge in [0.15, 0.2) is 6.61 Å². The van der Waals surface area contributed by atoms with Crippen molar-refractivity contribution in [3.8, 4) is 5.75 Å². The van der Waals surface area contributed by atoms with E-state index in [1.54, 1.807) is 30.0 Å². The first-order valence-corrected chi connectivity index (χ1v) is 8.19. The Hall–Kier alpha value is -1.99. The van der Waals surface area contributed by atoms with Crippen molar-refractivity contribution in [1.82, 2.24) is 15.1 Å². The number of carbonyl (C=O) groups excluding carboxylic acids is 1. The van der Waals surface area contributed by atoms with Crippen LogP contribution in [0.2, 0.25) is 10.0 Å². The summed E-state index contributed by atoms with van der Waals surface area (Å²) in [6.45, 7) is 4.08. The molecule has 128 valence electrons. The molecule has 1 saturated heterocycles. The summed E-state index contributed by atoms with van der Waals surface area (Å²) in [4.78, 5) is 16.0. The first kappa shape index (κ1) is 16.9. The summed E-state index contributed by atoms with van der Waals surface area (Å²) in [5.74, 6) is 0.869. The molecule has 0 atom stereocenters. The summed E-state index contributed by atoms with van der Waals surface area (Å²) in [5.41, 5.74) is 0. The van der Waals surface area contributed by atoms with Crippen molar-refractivity contribution in [2.75, 3.05) is 37.7 Å². The number of nitrogens with zero attached hydrogens (tertiary/aromatic N) is 4. The standard InChI is InChI=1S/C15H16Cl2N4O3/c1-10-18-19-15(24-10)21-6-4-20(5-7-21)14(22)9-23-13-3-2-11(16)8-12(13)17/h2-3,8H,4-7,9H2,1H3. The van der Waals surface area contributed by atoms with E-state index in [0.717, 1.165) is 0 Å². The number of benzene rings is 1. The molecule has 0 saturated carbocycles. The first-order valence-electron chi connectivity index (χ1n) is 7.43. The second kappa shape index (κ2) is 7.27. The summed E-state index contributed by atoms with van der Waals surface area (Å²) in [6, 6.07) is 5.38. The minimum Gasteiger partial charge on any atom is -0.482 e. The normalized spacial score (nSPS) is 14.8. The highest BCUT2D eigenvalue weighted by Crippen LogP contribution is 2.27. The zero-order valence-corrected chi connectivity index (χ0v) is 14.5. The van der Waals surface area contributed by atoms with Crippen molar-refractivity contribution in [1.29, 1.82) is 0 Å². The summed E-state index contributed by atoms with van der Waals surface area (Å²) in [6.07, 6.45) is 0.